The topological polar surface area (TPSA) is 46.6 Å². The molecule has 0 atom stereocenters. The maximum Gasteiger partial charge on any atom is 0.243 e. The molecule has 114 valence electrons. The highest BCUT2D eigenvalue weighted by atomic mass is 79.9. The van der Waals surface area contributed by atoms with Crippen molar-refractivity contribution in [3.8, 4) is 0 Å². The molecule has 4 nitrogen and oxygen atoms in total. The van der Waals surface area contributed by atoms with Crippen molar-refractivity contribution in [2.24, 2.45) is 0 Å². The highest BCUT2D eigenvalue weighted by Crippen LogP contribution is 2.29. The van der Waals surface area contributed by atoms with Crippen molar-refractivity contribution in [1.82, 2.24) is 4.31 Å². The van der Waals surface area contributed by atoms with Crippen molar-refractivity contribution in [3.63, 3.8) is 0 Å². The average molecular weight is 385 g/mol. The Kier molecular flexibility index (Phi) is 6.94. The Morgan fingerprint density at radius 2 is 2.05 bits per heavy atom. The predicted molar refractivity (Wildman–Crippen MR) is 84.7 cm³/mol. The average Bonchev–Trinajstić information content (AvgIpc) is 2.41. The first-order valence-electron chi connectivity index (χ1n) is 6.14. The van der Waals surface area contributed by atoms with Crippen molar-refractivity contribution in [1.29, 1.82) is 0 Å². The Morgan fingerprint density at radius 1 is 1.40 bits per heavy atom. The normalized spacial score (nSPS) is 12.1. The fraction of sp³-hybridized carbons (Fsp3) is 0.538. The molecular formula is C13H19BrClNO3S. The maximum atomic E-state index is 12.6. The van der Waals surface area contributed by atoms with E-state index in [-0.39, 0.29) is 10.8 Å². The van der Waals surface area contributed by atoms with Crippen molar-refractivity contribution in [2.75, 3.05) is 27.3 Å². The summed E-state index contributed by atoms with van der Waals surface area (Å²) < 4.78 is 32.0. The fourth-order valence-electron chi connectivity index (χ4n) is 1.79. The van der Waals surface area contributed by atoms with E-state index in [1.165, 1.54) is 4.31 Å². The lowest BCUT2D eigenvalue weighted by Gasteiger charge is -2.19. The van der Waals surface area contributed by atoms with Crippen LogP contribution in [0, 0.1) is 6.92 Å². The molecule has 0 bridgehead atoms. The van der Waals surface area contributed by atoms with Crippen LogP contribution in [-0.2, 0) is 20.6 Å². The molecule has 0 heterocycles. The van der Waals surface area contributed by atoms with Gasteiger partial charge in [0.15, 0.2) is 0 Å². The van der Waals surface area contributed by atoms with Gasteiger partial charge < -0.3 is 4.74 Å². The van der Waals surface area contributed by atoms with Gasteiger partial charge in [-0.05, 0) is 46.5 Å². The summed E-state index contributed by atoms with van der Waals surface area (Å²) in [5.41, 5.74) is 1.64. The third kappa shape index (κ3) is 4.18. The number of alkyl halides is 1. The van der Waals surface area contributed by atoms with E-state index in [4.69, 9.17) is 16.3 Å². The molecule has 0 aromatic heterocycles. The quantitative estimate of drug-likeness (QED) is 0.536. The Hall–Kier alpha value is -0.140. The highest BCUT2D eigenvalue weighted by molar-refractivity contribution is 9.10. The van der Waals surface area contributed by atoms with Gasteiger partial charge in [0.25, 0.3) is 0 Å². The maximum absolute atomic E-state index is 12.6. The van der Waals surface area contributed by atoms with Crippen molar-refractivity contribution >= 4 is 37.6 Å². The number of hydrogen-bond donors (Lipinski definition) is 0. The van der Waals surface area contributed by atoms with E-state index >= 15 is 0 Å². The lowest BCUT2D eigenvalue weighted by atomic mass is 10.2. The third-order valence-corrected chi connectivity index (χ3v) is 6.45. The smallest absolute Gasteiger partial charge is 0.243 e. The van der Waals surface area contributed by atoms with Crippen LogP contribution in [0.3, 0.4) is 0 Å². The van der Waals surface area contributed by atoms with Crippen LogP contribution in [-0.4, -0.2) is 40.0 Å². The van der Waals surface area contributed by atoms with Gasteiger partial charge in [0.05, 0.1) is 4.90 Å². The van der Waals surface area contributed by atoms with E-state index in [2.05, 4.69) is 15.9 Å². The van der Waals surface area contributed by atoms with E-state index in [0.29, 0.717) is 24.0 Å². The van der Waals surface area contributed by atoms with Crippen LogP contribution in [0.15, 0.2) is 21.5 Å². The SMILES string of the molecule is COCCCN(C)S(=O)(=O)c1cc(CCl)cc(C)c1Br. The number of nitrogens with zero attached hydrogens (tertiary/aromatic N) is 1. The Labute approximate surface area is 134 Å². The summed E-state index contributed by atoms with van der Waals surface area (Å²) in [4.78, 5) is 0.257. The number of aryl methyl sites for hydroxylation is 1. The molecule has 0 N–H and O–H groups in total. The van der Waals surface area contributed by atoms with Gasteiger partial charge in [0, 0.05) is 37.7 Å². The number of benzene rings is 1. The Morgan fingerprint density at radius 3 is 2.60 bits per heavy atom. The lowest BCUT2D eigenvalue weighted by molar-refractivity contribution is 0.189. The summed E-state index contributed by atoms with van der Waals surface area (Å²) in [6.45, 7) is 2.79. The molecular weight excluding hydrogens is 366 g/mol. The molecule has 0 unspecified atom stereocenters. The molecule has 0 fully saturated rings. The molecule has 20 heavy (non-hydrogen) atoms. The monoisotopic (exact) mass is 383 g/mol. The summed E-state index contributed by atoms with van der Waals surface area (Å²) in [7, 11) is -0.368. The minimum Gasteiger partial charge on any atom is -0.385 e. The van der Waals surface area contributed by atoms with E-state index in [9.17, 15) is 8.42 Å². The van der Waals surface area contributed by atoms with Crippen LogP contribution in [0.4, 0.5) is 0 Å². The third-order valence-electron chi connectivity index (χ3n) is 2.94. The van der Waals surface area contributed by atoms with Crippen molar-refractivity contribution in [3.05, 3.63) is 27.7 Å². The molecule has 1 aromatic rings. The summed E-state index contributed by atoms with van der Waals surface area (Å²) in [5, 5.41) is 0. The molecule has 0 aliphatic rings. The molecule has 0 radical (unpaired) electrons. The molecule has 0 aliphatic carbocycles. The van der Waals surface area contributed by atoms with E-state index in [1.54, 1.807) is 20.2 Å². The van der Waals surface area contributed by atoms with Crippen LogP contribution < -0.4 is 0 Å². The van der Waals surface area contributed by atoms with E-state index in [0.717, 1.165) is 11.1 Å². The number of sulfonamides is 1. The van der Waals surface area contributed by atoms with Crippen molar-refractivity contribution < 1.29 is 13.2 Å². The zero-order valence-electron chi connectivity index (χ0n) is 11.8. The zero-order chi connectivity index (χ0) is 15.3. The first-order chi connectivity index (χ1) is 9.34. The van der Waals surface area contributed by atoms with E-state index in [1.807, 2.05) is 13.0 Å². The van der Waals surface area contributed by atoms with Crippen LogP contribution in [0.2, 0.25) is 0 Å². The first kappa shape index (κ1) is 17.9. The number of hydrogen-bond acceptors (Lipinski definition) is 3. The van der Waals surface area contributed by atoms with Gasteiger partial charge in [-0.2, -0.15) is 0 Å². The van der Waals surface area contributed by atoms with Gasteiger partial charge in [0.1, 0.15) is 0 Å². The number of halogens is 2. The largest absolute Gasteiger partial charge is 0.385 e. The molecule has 0 saturated carbocycles. The summed E-state index contributed by atoms with van der Waals surface area (Å²) in [5.74, 6) is 0.282. The second kappa shape index (κ2) is 7.75. The minimum absolute atomic E-state index is 0.257. The molecule has 1 aromatic carbocycles. The van der Waals surface area contributed by atoms with Gasteiger partial charge in [-0.1, -0.05) is 6.07 Å². The number of methoxy groups -OCH3 is 1. The van der Waals surface area contributed by atoms with Gasteiger partial charge in [-0.15, -0.1) is 11.6 Å². The van der Waals surface area contributed by atoms with Crippen LogP contribution in [0.1, 0.15) is 17.5 Å². The lowest BCUT2D eigenvalue weighted by Crippen LogP contribution is -2.29. The highest BCUT2D eigenvalue weighted by Gasteiger charge is 2.24. The van der Waals surface area contributed by atoms with Gasteiger partial charge in [0.2, 0.25) is 10.0 Å². The second-order valence-corrected chi connectivity index (χ2v) is 7.60. The van der Waals surface area contributed by atoms with Crippen LogP contribution in [0.5, 0.6) is 0 Å². The molecule has 0 amide bonds. The molecule has 1 rings (SSSR count). The van der Waals surface area contributed by atoms with Gasteiger partial charge >= 0.3 is 0 Å². The Balaban J connectivity index is 3.11. The molecule has 7 heteroatoms. The second-order valence-electron chi connectivity index (χ2n) is 4.53. The van der Waals surface area contributed by atoms with Crippen LogP contribution in [0.25, 0.3) is 0 Å². The summed E-state index contributed by atoms with van der Waals surface area (Å²) >= 11 is 9.17. The summed E-state index contributed by atoms with van der Waals surface area (Å²) in [6, 6.07) is 3.49. The molecule has 0 saturated heterocycles. The number of ether oxygens (including phenoxy) is 1. The van der Waals surface area contributed by atoms with E-state index < -0.39 is 10.0 Å². The van der Waals surface area contributed by atoms with Crippen molar-refractivity contribution in [2.45, 2.75) is 24.1 Å². The molecule has 0 aliphatic heterocycles. The molecule has 0 spiro atoms. The fourth-order valence-corrected chi connectivity index (χ4v) is 4.18. The summed E-state index contributed by atoms with van der Waals surface area (Å²) in [6.07, 6.45) is 0.651. The first-order valence-corrected chi connectivity index (χ1v) is 8.91. The minimum atomic E-state index is -3.53. The predicted octanol–water partition coefficient (Wildman–Crippen LogP) is 3.15. The van der Waals surface area contributed by atoms with Gasteiger partial charge in [-0.3, -0.25) is 0 Å². The van der Waals surface area contributed by atoms with Gasteiger partial charge in [-0.25, -0.2) is 12.7 Å². The Bertz CT molecular complexity index is 563. The zero-order valence-corrected chi connectivity index (χ0v) is 15.0. The number of rotatable bonds is 7. The standard InChI is InChI=1S/C13H19BrClNO3S/c1-10-7-11(9-15)8-12(13(10)14)20(17,18)16(2)5-4-6-19-3/h7-8H,4-6,9H2,1-3H3. The van der Waals surface area contributed by atoms with Crippen LogP contribution >= 0.6 is 27.5 Å².